The maximum Gasteiger partial charge on any atom is 0.239 e. The average Bonchev–Trinajstić information content (AvgIpc) is 2.89. The molecule has 2 fully saturated rings. The summed E-state index contributed by atoms with van der Waals surface area (Å²) in [6, 6.07) is 0. The Labute approximate surface area is 85.4 Å². The van der Waals surface area contributed by atoms with E-state index >= 15 is 0 Å². The Morgan fingerprint density at radius 3 is 2.43 bits per heavy atom. The molecule has 14 heavy (non-hydrogen) atoms. The fourth-order valence-corrected chi connectivity index (χ4v) is 2.07. The molecule has 0 atom stereocenters. The van der Waals surface area contributed by atoms with Crippen LogP contribution in [0.1, 0.15) is 39.5 Å². The van der Waals surface area contributed by atoms with Crippen LogP contribution in [0.5, 0.6) is 0 Å². The third-order valence-electron chi connectivity index (χ3n) is 3.52. The average molecular weight is 196 g/mol. The SMILES string of the molecule is CC(C)(N)C(=O)NCC1(C2CC2)CC1. The summed E-state index contributed by atoms with van der Waals surface area (Å²) in [4.78, 5) is 11.5. The molecule has 2 aliphatic carbocycles. The van der Waals surface area contributed by atoms with E-state index in [9.17, 15) is 4.79 Å². The van der Waals surface area contributed by atoms with Crippen LogP contribution in [0.15, 0.2) is 0 Å². The molecule has 0 radical (unpaired) electrons. The van der Waals surface area contributed by atoms with E-state index in [4.69, 9.17) is 5.73 Å². The summed E-state index contributed by atoms with van der Waals surface area (Å²) < 4.78 is 0. The second-order valence-corrected chi connectivity index (χ2v) is 5.54. The van der Waals surface area contributed by atoms with Crippen molar-refractivity contribution in [3.63, 3.8) is 0 Å². The van der Waals surface area contributed by atoms with Gasteiger partial charge >= 0.3 is 0 Å². The molecule has 1 amide bonds. The molecular formula is C11H20N2O. The molecule has 2 aliphatic rings. The number of amides is 1. The zero-order valence-corrected chi connectivity index (χ0v) is 9.10. The Hall–Kier alpha value is -0.570. The fourth-order valence-electron chi connectivity index (χ4n) is 2.07. The van der Waals surface area contributed by atoms with Gasteiger partial charge in [0.15, 0.2) is 0 Å². The lowest BCUT2D eigenvalue weighted by molar-refractivity contribution is -0.125. The van der Waals surface area contributed by atoms with Crippen LogP contribution >= 0.6 is 0 Å². The van der Waals surface area contributed by atoms with Crippen molar-refractivity contribution >= 4 is 5.91 Å². The molecule has 0 saturated heterocycles. The summed E-state index contributed by atoms with van der Waals surface area (Å²) in [5.74, 6) is 0.869. The minimum Gasteiger partial charge on any atom is -0.354 e. The van der Waals surface area contributed by atoms with Crippen molar-refractivity contribution in [3.05, 3.63) is 0 Å². The van der Waals surface area contributed by atoms with Crippen LogP contribution in [0.4, 0.5) is 0 Å². The van der Waals surface area contributed by atoms with E-state index < -0.39 is 5.54 Å². The maximum absolute atomic E-state index is 11.5. The first kappa shape index (κ1) is 9.97. The summed E-state index contributed by atoms with van der Waals surface area (Å²) in [5, 5.41) is 2.98. The molecule has 0 aromatic carbocycles. The van der Waals surface area contributed by atoms with Gasteiger partial charge in [0.05, 0.1) is 5.54 Å². The molecule has 0 aromatic heterocycles. The van der Waals surface area contributed by atoms with Gasteiger partial charge in [-0.15, -0.1) is 0 Å². The highest BCUT2D eigenvalue weighted by Crippen LogP contribution is 2.60. The number of nitrogens with two attached hydrogens (primary N) is 1. The molecule has 2 rings (SSSR count). The zero-order chi connectivity index (χ0) is 10.4. The van der Waals surface area contributed by atoms with Crippen LogP contribution in [-0.2, 0) is 4.79 Å². The molecule has 0 unspecified atom stereocenters. The van der Waals surface area contributed by atoms with Gasteiger partial charge in [-0.2, -0.15) is 0 Å². The van der Waals surface area contributed by atoms with Gasteiger partial charge in [0.2, 0.25) is 5.91 Å². The number of carbonyl (C=O) groups is 1. The van der Waals surface area contributed by atoms with Gasteiger partial charge in [0.25, 0.3) is 0 Å². The third kappa shape index (κ3) is 1.92. The van der Waals surface area contributed by atoms with Crippen molar-refractivity contribution in [3.8, 4) is 0 Å². The minimum atomic E-state index is -0.736. The van der Waals surface area contributed by atoms with Crippen molar-refractivity contribution in [2.45, 2.75) is 45.1 Å². The Bertz CT molecular complexity index is 247. The maximum atomic E-state index is 11.5. The predicted octanol–water partition coefficient (Wildman–Crippen LogP) is 1.03. The van der Waals surface area contributed by atoms with Crippen molar-refractivity contribution in [2.24, 2.45) is 17.1 Å². The highest BCUT2D eigenvalue weighted by atomic mass is 16.2. The van der Waals surface area contributed by atoms with E-state index in [0.717, 1.165) is 12.5 Å². The van der Waals surface area contributed by atoms with Gasteiger partial charge in [-0.3, -0.25) is 4.79 Å². The number of rotatable bonds is 4. The molecule has 0 heterocycles. The van der Waals surface area contributed by atoms with Gasteiger partial charge < -0.3 is 11.1 Å². The van der Waals surface area contributed by atoms with Crippen LogP contribution in [0.2, 0.25) is 0 Å². The van der Waals surface area contributed by atoms with E-state index in [0.29, 0.717) is 5.41 Å². The first-order chi connectivity index (χ1) is 6.44. The fraction of sp³-hybridized carbons (Fsp3) is 0.909. The minimum absolute atomic E-state index is 0.0237. The largest absolute Gasteiger partial charge is 0.354 e. The monoisotopic (exact) mass is 196 g/mol. The number of hydrogen-bond donors (Lipinski definition) is 2. The van der Waals surface area contributed by atoms with Gasteiger partial charge in [-0.1, -0.05) is 0 Å². The van der Waals surface area contributed by atoms with Crippen LogP contribution in [0, 0.1) is 11.3 Å². The van der Waals surface area contributed by atoms with E-state index in [2.05, 4.69) is 5.32 Å². The van der Waals surface area contributed by atoms with E-state index in [1.165, 1.54) is 25.7 Å². The molecule has 80 valence electrons. The summed E-state index contributed by atoms with van der Waals surface area (Å²) in [7, 11) is 0. The van der Waals surface area contributed by atoms with Crippen LogP contribution in [0.25, 0.3) is 0 Å². The van der Waals surface area contributed by atoms with Crippen LogP contribution in [0.3, 0.4) is 0 Å². The molecule has 0 aromatic rings. The predicted molar refractivity (Wildman–Crippen MR) is 55.7 cm³/mol. The van der Waals surface area contributed by atoms with Gasteiger partial charge in [-0.25, -0.2) is 0 Å². The Kier molecular flexibility index (Phi) is 2.11. The van der Waals surface area contributed by atoms with E-state index in [-0.39, 0.29) is 5.91 Å². The Morgan fingerprint density at radius 2 is 2.07 bits per heavy atom. The molecular weight excluding hydrogens is 176 g/mol. The molecule has 0 bridgehead atoms. The van der Waals surface area contributed by atoms with Gasteiger partial charge in [0, 0.05) is 6.54 Å². The second kappa shape index (κ2) is 2.96. The molecule has 3 heteroatoms. The zero-order valence-electron chi connectivity index (χ0n) is 9.10. The van der Waals surface area contributed by atoms with Crippen LogP contribution in [-0.4, -0.2) is 18.0 Å². The van der Waals surface area contributed by atoms with Crippen molar-refractivity contribution < 1.29 is 4.79 Å². The van der Waals surface area contributed by atoms with Gasteiger partial charge in [0.1, 0.15) is 0 Å². The Balaban J connectivity index is 1.80. The smallest absolute Gasteiger partial charge is 0.239 e. The first-order valence-corrected chi connectivity index (χ1v) is 5.51. The van der Waals surface area contributed by atoms with Crippen molar-refractivity contribution in [1.29, 1.82) is 0 Å². The van der Waals surface area contributed by atoms with E-state index in [1.807, 2.05) is 0 Å². The topological polar surface area (TPSA) is 55.1 Å². The van der Waals surface area contributed by atoms with Crippen molar-refractivity contribution in [1.82, 2.24) is 5.32 Å². The highest BCUT2D eigenvalue weighted by molar-refractivity contribution is 5.85. The molecule has 0 aliphatic heterocycles. The lowest BCUT2D eigenvalue weighted by Crippen LogP contribution is -2.50. The molecule has 2 saturated carbocycles. The second-order valence-electron chi connectivity index (χ2n) is 5.54. The van der Waals surface area contributed by atoms with E-state index in [1.54, 1.807) is 13.8 Å². The lowest BCUT2D eigenvalue weighted by atomic mass is 9.99. The van der Waals surface area contributed by atoms with Crippen molar-refractivity contribution in [2.75, 3.05) is 6.54 Å². The molecule has 3 nitrogen and oxygen atoms in total. The summed E-state index contributed by atoms with van der Waals surface area (Å²) >= 11 is 0. The number of nitrogens with one attached hydrogen (secondary N) is 1. The number of carbonyl (C=O) groups excluding carboxylic acids is 1. The quantitative estimate of drug-likeness (QED) is 0.705. The first-order valence-electron chi connectivity index (χ1n) is 5.51. The highest BCUT2D eigenvalue weighted by Gasteiger charge is 2.53. The third-order valence-corrected chi connectivity index (χ3v) is 3.52. The van der Waals surface area contributed by atoms with Gasteiger partial charge in [-0.05, 0) is 50.9 Å². The lowest BCUT2D eigenvalue weighted by Gasteiger charge is -2.21. The molecule has 3 N–H and O–H groups in total. The number of hydrogen-bond acceptors (Lipinski definition) is 2. The Morgan fingerprint density at radius 1 is 1.50 bits per heavy atom. The van der Waals surface area contributed by atoms with Crippen LogP contribution < -0.4 is 11.1 Å². The summed E-state index contributed by atoms with van der Waals surface area (Å²) in [6.45, 7) is 4.34. The summed E-state index contributed by atoms with van der Waals surface area (Å²) in [6.07, 6.45) is 5.32. The molecule has 0 spiro atoms. The normalized spacial score (nSPS) is 24.5. The standard InChI is InChI=1S/C11H20N2O/c1-10(2,12)9(14)13-7-11(5-6-11)8-3-4-8/h8H,3-7,12H2,1-2H3,(H,13,14). The summed E-state index contributed by atoms with van der Waals surface area (Å²) in [5.41, 5.74) is 5.45.